The fourth-order valence-electron chi connectivity index (χ4n) is 2.46. The minimum atomic E-state index is -0.649. The summed E-state index contributed by atoms with van der Waals surface area (Å²) in [6, 6.07) is 13.6. The highest BCUT2D eigenvalue weighted by atomic mass is 16.2. The molecular formula is C19H19N5O2. The van der Waals surface area contributed by atoms with Gasteiger partial charge in [0.1, 0.15) is 6.04 Å². The molecule has 1 atom stereocenters. The van der Waals surface area contributed by atoms with Crippen molar-refractivity contribution in [2.45, 2.75) is 19.4 Å². The first kappa shape index (κ1) is 17.3. The average Bonchev–Trinajstić information content (AvgIpc) is 3.15. The monoisotopic (exact) mass is 349 g/mol. The third kappa shape index (κ3) is 4.13. The second-order valence-electron chi connectivity index (χ2n) is 5.69. The van der Waals surface area contributed by atoms with Crippen LogP contribution in [0.5, 0.6) is 0 Å². The highest BCUT2D eigenvalue weighted by molar-refractivity contribution is 6.00. The maximum atomic E-state index is 12.5. The molecule has 0 saturated carbocycles. The Morgan fingerprint density at radius 1 is 1.12 bits per heavy atom. The number of hydrogen-bond donors (Lipinski definition) is 3. The number of aromatic amines is 1. The SMILES string of the molecule is CC[C@H](NC(=O)c1ccccc1)C(=O)Nc1cc(-c2ccncc2)[nH]n1. The standard InChI is InChI=1S/C19H19N5O2/c1-2-15(21-18(25)14-6-4-3-5-7-14)19(26)22-17-12-16(23-24-17)13-8-10-20-11-9-13/h3-12,15H,2H2,1H3,(H,21,25)(H2,22,23,24,26)/t15-/m0/s1. The van der Waals surface area contributed by atoms with Crippen LogP contribution in [-0.4, -0.2) is 33.0 Å². The topological polar surface area (TPSA) is 99.8 Å². The highest BCUT2D eigenvalue weighted by Crippen LogP contribution is 2.18. The molecule has 3 aromatic rings. The summed E-state index contributed by atoms with van der Waals surface area (Å²) in [5, 5.41) is 12.4. The number of carbonyl (C=O) groups is 2. The number of rotatable bonds is 6. The smallest absolute Gasteiger partial charge is 0.251 e. The van der Waals surface area contributed by atoms with Crippen LogP contribution in [0.3, 0.4) is 0 Å². The number of H-pyrrole nitrogens is 1. The van der Waals surface area contributed by atoms with E-state index in [0.29, 0.717) is 17.8 Å². The predicted molar refractivity (Wildman–Crippen MR) is 98.4 cm³/mol. The van der Waals surface area contributed by atoms with E-state index in [1.807, 2.05) is 25.1 Å². The Hall–Kier alpha value is -3.48. The van der Waals surface area contributed by atoms with Gasteiger partial charge in [-0.2, -0.15) is 5.10 Å². The molecule has 1 aromatic carbocycles. The van der Waals surface area contributed by atoms with Crippen LogP contribution >= 0.6 is 0 Å². The molecule has 0 aliphatic carbocycles. The summed E-state index contributed by atoms with van der Waals surface area (Å²) in [5.74, 6) is -0.203. The summed E-state index contributed by atoms with van der Waals surface area (Å²) in [6.45, 7) is 1.84. The first-order valence-corrected chi connectivity index (χ1v) is 8.30. The maximum absolute atomic E-state index is 12.5. The van der Waals surface area contributed by atoms with Crippen LogP contribution < -0.4 is 10.6 Å². The largest absolute Gasteiger partial charge is 0.340 e. The molecular weight excluding hydrogens is 330 g/mol. The molecule has 0 aliphatic heterocycles. The summed E-state index contributed by atoms with van der Waals surface area (Å²) < 4.78 is 0. The summed E-state index contributed by atoms with van der Waals surface area (Å²) in [4.78, 5) is 28.7. The number of anilines is 1. The van der Waals surface area contributed by atoms with Gasteiger partial charge in [0.2, 0.25) is 5.91 Å². The van der Waals surface area contributed by atoms with Gasteiger partial charge in [-0.05, 0) is 30.7 Å². The number of aromatic nitrogens is 3. The molecule has 0 radical (unpaired) electrons. The van der Waals surface area contributed by atoms with Gasteiger partial charge in [0.25, 0.3) is 5.91 Å². The highest BCUT2D eigenvalue weighted by Gasteiger charge is 2.20. The summed E-state index contributed by atoms with van der Waals surface area (Å²) in [5.41, 5.74) is 2.19. The lowest BCUT2D eigenvalue weighted by Crippen LogP contribution is -2.43. The van der Waals surface area contributed by atoms with Crippen LogP contribution in [0.2, 0.25) is 0 Å². The number of nitrogens with one attached hydrogen (secondary N) is 3. The predicted octanol–water partition coefficient (Wildman–Crippen LogP) is 2.62. The van der Waals surface area contributed by atoms with Crippen LogP contribution in [0.1, 0.15) is 23.7 Å². The fraction of sp³-hybridized carbons (Fsp3) is 0.158. The molecule has 26 heavy (non-hydrogen) atoms. The van der Waals surface area contributed by atoms with Gasteiger partial charge in [-0.25, -0.2) is 0 Å². The maximum Gasteiger partial charge on any atom is 0.251 e. The number of nitrogens with zero attached hydrogens (tertiary/aromatic N) is 2. The molecule has 132 valence electrons. The van der Waals surface area contributed by atoms with Crippen molar-refractivity contribution in [1.29, 1.82) is 0 Å². The van der Waals surface area contributed by atoms with Crippen molar-refractivity contribution in [1.82, 2.24) is 20.5 Å². The first-order chi connectivity index (χ1) is 12.7. The van der Waals surface area contributed by atoms with E-state index in [-0.39, 0.29) is 11.8 Å². The van der Waals surface area contributed by atoms with Gasteiger partial charge in [-0.15, -0.1) is 0 Å². The Bertz CT molecular complexity index is 877. The van der Waals surface area contributed by atoms with Crippen LogP contribution in [0, 0.1) is 0 Å². The lowest BCUT2D eigenvalue weighted by atomic mass is 10.1. The number of carbonyl (C=O) groups excluding carboxylic acids is 2. The lowest BCUT2D eigenvalue weighted by Gasteiger charge is -2.16. The number of pyridine rings is 1. The van der Waals surface area contributed by atoms with Crippen molar-refractivity contribution in [2.24, 2.45) is 0 Å². The molecule has 3 rings (SSSR count). The number of hydrogen-bond acceptors (Lipinski definition) is 4. The van der Waals surface area contributed by atoms with Crippen molar-refractivity contribution in [3.63, 3.8) is 0 Å². The molecule has 0 spiro atoms. The van der Waals surface area contributed by atoms with Crippen LogP contribution in [0.25, 0.3) is 11.3 Å². The molecule has 7 nitrogen and oxygen atoms in total. The van der Waals surface area contributed by atoms with E-state index in [9.17, 15) is 9.59 Å². The zero-order valence-electron chi connectivity index (χ0n) is 14.3. The fourth-order valence-corrected chi connectivity index (χ4v) is 2.46. The van der Waals surface area contributed by atoms with E-state index in [4.69, 9.17) is 0 Å². The average molecular weight is 349 g/mol. The van der Waals surface area contributed by atoms with Gasteiger partial charge in [-0.3, -0.25) is 19.7 Å². The second kappa shape index (κ2) is 8.06. The van der Waals surface area contributed by atoms with Gasteiger partial charge in [0.05, 0.1) is 5.69 Å². The zero-order valence-corrected chi connectivity index (χ0v) is 14.3. The molecule has 0 aliphatic rings. The van der Waals surface area contributed by atoms with E-state index in [1.54, 1.807) is 42.7 Å². The molecule has 0 fully saturated rings. The van der Waals surface area contributed by atoms with Gasteiger partial charge < -0.3 is 10.6 Å². The third-order valence-corrected chi connectivity index (χ3v) is 3.89. The van der Waals surface area contributed by atoms with Crippen LogP contribution in [-0.2, 0) is 4.79 Å². The van der Waals surface area contributed by atoms with Crippen LogP contribution in [0.15, 0.2) is 60.9 Å². The molecule has 3 N–H and O–H groups in total. The van der Waals surface area contributed by atoms with Gasteiger partial charge in [0, 0.05) is 29.6 Å². The Kier molecular flexibility index (Phi) is 5.38. The Morgan fingerprint density at radius 2 is 1.85 bits per heavy atom. The van der Waals surface area contributed by atoms with Crippen molar-refractivity contribution in [3.8, 4) is 11.3 Å². The van der Waals surface area contributed by atoms with E-state index in [0.717, 1.165) is 11.3 Å². The molecule has 0 unspecified atom stereocenters. The van der Waals surface area contributed by atoms with E-state index in [1.165, 1.54) is 0 Å². The van der Waals surface area contributed by atoms with Crippen LogP contribution in [0.4, 0.5) is 5.82 Å². The molecule has 2 aromatic heterocycles. The first-order valence-electron chi connectivity index (χ1n) is 8.30. The van der Waals surface area contributed by atoms with E-state index in [2.05, 4.69) is 25.8 Å². The Morgan fingerprint density at radius 3 is 2.54 bits per heavy atom. The molecule has 0 bridgehead atoms. The molecule has 2 amide bonds. The number of amides is 2. The van der Waals surface area contributed by atoms with E-state index < -0.39 is 6.04 Å². The normalized spacial score (nSPS) is 11.6. The van der Waals surface area contributed by atoms with Gasteiger partial charge >= 0.3 is 0 Å². The summed E-state index contributed by atoms with van der Waals surface area (Å²) >= 11 is 0. The Labute approximate surface area is 150 Å². The zero-order chi connectivity index (χ0) is 18.4. The van der Waals surface area contributed by atoms with Crippen molar-refractivity contribution >= 4 is 17.6 Å². The Balaban J connectivity index is 1.64. The molecule has 0 saturated heterocycles. The molecule has 7 heteroatoms. The molecule has 2 heterocycles. The van der Waals surface area contributed by atoms with Gasteiger partial charge in [-0.1, -0.05) is 25.1 Å². The van der Waals surface area contributed by atoms with Gasteiger partial charge in [0.15, 0.2) is 5.82 Å². The summed E-state index contributed by atoms with van der Waals surface area (Å²) in [7, 11) is 0. The van der Waals surface area contributed by atoms with Crippen molar-refractivity contribution < 1.29 is 9.59 Å². The minimum Gasteiger partial charge on any atom is -0.340 e. The number of benzene rings is 1. The summed E-state index contributed by atoms with van der Waals surface area (Å²) in [6.07, 6.45) is 3.83. The second-order valence-corrected chi connectivity index (χ2v) is 5.69. The van der Waals surface area contributed by atoms with Crippen molar-refractivity contribution in [2.75, 3.05) is 5.32 Å². The third-order valence-electron chi connectivity index (χ3n) is 3.89. The quantitative estimate of drug-likeness (QED) is 0.637. The lowest BCUT2D eigenvalue weighted by molar-refractivity contribution is -0.118. The van der Waals surface area contributed by atoms with Crippen molar-refractivity contribution in [3.05, 3.63) is 66.5 Å². The van der Waals surface area contributed by atoms with E-state index >= 15 is 0 Å². The minimum absolute atomic E-state index is 0.285.